The van der Waals surface area contributed by atoms with E-state index in [0.29, 0.717) is 0 Å². The van der Waals surface area contributed by atoms with Crippen molar-refractivity contribution in [2.45, 2.75) is 0 Å². The monoisotopic (exact) mass is 225 g/mol. The lowest BCUT2D eigenvalue weighted by atomic mass is 10.2. The van der Waals surface area contributed by atoms with Gasteiger partial charge in [-0.25, -0.2) is 9.18 Å². The number of nitro benzene ring substituents is 1. The van der Waals surface area contributed by atoms with Gasteiger partial charge in [0, 0.05) is 12.1 Å². The molecular formula is C9H4FNO5. The van der Waals surface area contributed by atoms with Crippen LogP contribution < -0.4 is 0 Å². The van der Waals surface area contributed by atoms with Crippen LogP contribution >= 0.6 is 0 Å². The average Bonchev–Trinajstić information content (AvgIpc) is 2.62. The molecule has 1 heterocycles. The molecule has 0 bridgehead atoms. The van der Waals surface area contributed by atoms with Crippen LogP contribution in [0, 0.1) is 15.9 Å². The molecule has 0 aliphatic heterocycles. The number of carboxylic acids is 1. The highest BCUT2D eigenvalue weighted by Crippen LogP contribution is 2.30. The molecule has 0 unspecified atom stereocenters. The minimum absolute atomic E-state index is 0.216. The topological polar surface area (TPSA) is 93.6 Å². The van der Waals surface area contributed by atoms with E-state index in [-0.39, 0.29) is 11.0 Å². The van der Waals surface area contributed by atoms with Crippen molar-refractivity contribution >= 4 is 22.6 Å². The maximum absolute atomic E-state index is 13.2. The van der Waals surface area contributed by atoms with Crippen molar-refractivity contribution in [3.63, 3.8) is 0 Å². The van der Waals surface area contributed by atoms with Gasteiger partial charge in [0.2, 0.25) is 11.3 Å². The normalized spacial score (nSPS) is 10.6. The number of non-ortho nitro benzene ring substituents is 1. The zero-order chi connectivity index (χ0) is 11.9. The molecule has 0 radical (unpaired) electrons. The fourth-order valence-electron chi connectivity index (χ4n) is 1.33. The molecule has 2 rings (SSSR count). The number of fused-ring (bicyclic) bond motifs is 1. The summed E-state index contributed by atoms with van der Waals surface area (Å²) in [6, 6.07) is 2.73. The molecular weight excluding hydrogens is 221 g/mol. The number of hydrogen-bond donors (Lipinski definition) is 1. The molecule has 0 fully saturated rings. The fourth-order valence-corrected chi connectivity index (χ4v) is 1.33. The van der Waals surface area contributed by atoms with Gasteiger partial charge in [-0.3, -0.25) is 10.1 Å². The predicted octanol–water partition coefficient (Wildman–Crippen LogP) is 2.18. The number of nitro groups is 1. The van der Waals surface area contributed by atoms with Crippen LogP contribution in [0.1, 0.15) is 10.6 Å². The zero-order valence-electron chi connectivity index (χ0n) is 7.64. The quantitative estimate of drug-likeness (QED) is 0.624. The Morgan fingerprint density at radius 1 is 1.50 bits per heavy atom. The van der Waals surface area contributed by atoms with Crippen molar-refractivity contribution < 1.29 is 23.6 Å². The number of aromatic carboxylic acids is 1. The highest BCUT2D eigenvalue weighted by molar-refractivity contribution is 5.94. The molecule has 0 aliphatic rings. The van der Waals surface area contributed by atoms with Crippen LogP contribution in [-0.4, -0.2) is 16.0 Å². The summed E-state index contributed by atoms with van der Waals surface area (Å²) >= 11 is 0. The minimum atomic E-state index is -1.41. The summed E-state index contributed by atoms with van der Waals surface area (Å²) in [5, 5.41) is 19.0. The SMILES string of the molecule is O=C(O)c1cc2c(F)ccc([N+](=O)[O-])c2o1. The van der Waals surface area contributed by atoms with Crippen LogP contribution in [0.25, 0.3) is 11.0 Å². The van der Waals surface area contributed by atoms with E-state index in [0.717, 1.165) is 18.2 Å². The highest BCUT2D eigenvalue weighted by Gasteiger charge is 2.21. The molecule has 1 aromatic heterocycles. The van der Waals surface area contributed by atoms with Crippen molar-refractivity contribution in [1.82, 2.24) is 0 Å². The number of furan rings is 1. The summed E-state index contributed by atoms with van der Waals surface area (Å²) in [4.78, 5) is 20.4. The number of halogens is 1. The fraction of sp³-hybridized carbons (Fsp3) is 0. The van der Waals surface area contributed by atoms with E-state index in [1.54, 1.807) is 0 Å². The van der Waals surface area contributed by atoms with Crippen molar-refractivity contribution in [1.29, 1.82) is 0 Å². The van der Waals surface area contributed by atoms with E-state index in [4.69, 9.17) is 9.52 Å². The van der Waals surface area contributed by atoms with Crippen LogP contribution in [0.3, 0.4) is 0 Å². The van der Waals surface area contributed by atoms with Crippen LogP contribution in [0.5, 0.6) is 0 Å². The van der Waals surface area contributed by atoms with Gasteiger partial charge in [0.1, 0.15) is 5.82 Å². The molecule has 6 nitrogen and oxygen atoms in total. The van der Waals surface area contributed by atoms with Gasteiger partial charge in [0.25, 0.3) is 0 Å². The Morgan fingerprint density at radius 3 is 2.75 bits per heavy atom. The molecule has 1 N–H and O–H groups in total. The maximum Gasteiger partial charge on any atom is 0.371 e. The first kappa shape index (κ1) is 10.1. The first-order valence-corrected chi connectivity index (χ1v) is 4.10. The van der Waals surface area contributed by atoms with Gasteiger partial charge in [-0.05, 0) is 6.07 Å². The molecule has 2 aromatic rings. The lowest BCUT2D eigenvalue weighted by Gasteiger charge is -1.93. The van der Waals surface area contributed by atoms with E-state index in [1.165, 1.54) is 0 Å². The molecule has 0 saturated carbocycles. The second-order valence-corrected chi connectivity index (χ2v) is 2.98. The molecule has 82 valence electrons. The Hall–Kier alpha value is -2.44. The number of nitrogens with zero attached hydrogens (tertiary/aromatic N) is 1. The molecule has 0 amide bonds. The highest BCUT2D eigenvalue weighted by atomic mass is 19.1. The third-order valence-electron chi connectivity index (χ3n) is 2.02. The van der Waals surface area contributed by atoms with Gasteiger partial charge >= 0.3 is 11.7 Å². The average molecular weight is 225 g/mol. The van der Waals surface area contributed by atoms with Gasteiger partial charge in [0.15, 0.2) is 0 Å². The number of carboxylic acid groups (broad SMARTS) is 1. The molecule has 16 heavy (non-hydrogen) atoms. The number of benzene rings is 1. The summed E-state index contributed by atoms with van der Waals surface area (Å²) in [5.74, 6) is -2.72. The van der Waals surface area contributed by atoms with E-state index < -0.39 is 28.2 Å². The van der Waals surface area contributed by atoms with Crippen molar-refractivity contribution in [3.05, 3.63) is 39.9 Å². The Bertz CT molecular complexity index is 603. The summed E-state index contributed by atoms with van der Waals surface area (Å²) in [5.41, 5.74) is -0.841. The van der Waals surface area contributed by atoms with E-state index in [2.05, 4.69) is 0 Å². The zero-order valence-corrected chi connectivity index (χ0v) is 7.64. The smallest absolute Gasteiger partial charge is 0.371 e. The number of carbonyl (C=O) groups is 1. The third kappa shape index (κ3) is 1.38. The number of hydrogen-bond acceptors (Lipinski definition) is 4. The summed E-state index contributed by atoms with van der Waals surface area (Å²) < 4.78 is 18.0. The largest absolute Gasteiger partial charge is 0.475 e. The first-order chi connectivity index (χ1) is 7.50. The molecule has 0 aliphatic carbocycles. The van der Waals surface area contributed by atoms with Gasteiger partial charge in [-0.15, -0.1) is 0 Å². The second kappa shape index (κ2) is 3.30. The van der Waals surface area contributed by atoms with E-state index >= 15 is 0 Å². The second-order valence-electron chi connectivity index (χ2n) is 2.98. The van der Waals surface area contributed by atoms with Crippen LogP contribution in [-0.2, 0) is 0 Å². The first-order valence-electron chi connectivity index (χ1n) is 4.10. The Labute approximate surface area is 87.0 Å². The van der Waals surface area contributed by atoms with Crippen molar-refractivity contribution in [3.8, 4) is 0 Å². The molecule has 1 aromatic carbocycles. The maximum atomic E-state index is 13.2. The van der Waals surface area contributed by atoms with Crippen molar-refractivity contribution in [2.75, 3.05) is 0 Å². The van der Waals surface area contributed by atoms with E-state index in [9.17, 15) is 19.3 Å². The Kier molecular flexibility index (Phi) is 2.08. The summed E-state index contributed by atoms with van der Waals surface area (Å²) in [6.07, 6.45) is 0. The van der Waals surface area contributed by atoms with Crippen LogP contribution in [0.4, 0.5) is 10.1 Å². The molecule has 0 spiro atoms. The van der Waals surface area contributed by atoms with E-state index in [1.807, 2.05) is 0 Å². The lowest BCUT2D eigenvalue weighted by Crippen LogP contribution is -1.91. The number of rotatable bonds is 2. The third-order valence-corrected chi connectivity index (χ3v) is 2.02. The molecule has 0 atom stereocenters. The minimum Gasteiger partial charge on any atom is -0.475 e. The van der Waals surface area contributed by atoms with Gasteiger partial charge < -0.3 is 9.52 Å². The van der Waals surface area contributed by atoms with Gasteiger partial charge in [-0.1, -0.05) is 0 Å². The summed E-state index contributed by atoms with van der Waals surface area (Å²) in [7, 11) is 0. The van der Waals surface area contributed by atoms with Crippen LogP contribution in [0.2, 0.25) is 0 Å². The van der Waals surface area contributed by atoms with Crippen molar-refractivity contribution in [2.24, 2.45) is 0 Å². The van der Waals surface area contributed by atoms with Crippen LogP contribution in [0.15, 0.2) is 22.6 Å². The molecule has 7 heteroatoms. The van der Waals surface area contributed by atoms with Gasteiger partial charge in [-0.2, -0.15) is 0 Å². The summed E-state index contributed by atoms with van der Waals surface area (Å²) in [6.45, 7) is 0. The Balaban J connectivity index is 2.82. The Morgan fingerprint density at radius 2 is 2.19 bits per heavy atom. The van der Waals surface area contributed by atoms with Gasteiger partial charge in [0.05, 0.1) is 10.3 Å². The lowest BCUT2D eigenvalue weighted by molar-refractivity contribution is -0.383. The molecule has 0 saturated heterocycles. The standard InChI is InChI=1S/C9H4FNO5/c10-5-1-2-6(11(14)15)8-4(5)3-7(16-8)9(12)13/h1-3H,(H,12,13). The predicted molar refractivity (Wildman–Crippen MR) is 49.8 cm³/mol.